The molecule has 0 aliphatic rings. The van der Waals surface area contributed by atoms with E-state index in [4.69, 9.17) is 15.7 Å². The van der Waals surface area contributed by atoms with Crippen LogP contribution in [0, 0.1) is 11.3 Å². The molecule has 0 aliphatic heterocycles. The van der Waals surface area contributed by atoms with E-state index in [-0.39, 0.29) is 0 Å². The van der Waals surface area contributed by atoms with Crippen LogP contribution in [0.1, 0.15) is 5.56 Å². The topological polar surface area (TPSA) is 59.0 Å². The number of hydrogen-bond acceptors (Lipinski definition) is 3. The molecule has 0 unspecified atom stereocenters. The highest BCUT2D eigenvalue weighted by atomic mass is 79.9. The van der Waals surface area contributed by atoms with E-state index in [0.717, 1.165) is 0 Å². The Hall–Kier alpha value is -1.99. The summed E-state index contributed by atoms with van der Waals surface area (Å²) in [6, 6.07) is 14.5. The van der Waals surface area contributed by atoms with Gasteiger partial charge >= 0.3 is 0 Å². The lowest BCUT2D eigenvalue weighted by Crippen LogP contribution is -1.92. The van der Waals surface area contributed by atoms with E-state index in [1.54, 1.807) is 36.4 Å². The molecule has 0 spiro atoms. The van der Waals surface area contributed by atoms with Gasteiger partial charge in [0.05, 0.1) is 10.0 Å². The first-order valence-electron chi connectivity index (χ1n) is 4.93. The zero-order valence-electron chi connectivity index (χ0n) is 8.85. The number of benzene rings is 2. The first-order valence-corrected chi connectivity index (χ1v) is 5.72. The molecule has 17 heavy (non-hydrogen) atoms. The van der Waals surface area contributed by atoms with Gasteiger partial charge in [0.25, 0.3) is 0 Å². The van der Waals surface area contributed by atoms with Crippen LogP contribution in [0.2, 0.25) is 0 Å². The number of halogens is 1. The van der Waals surface area contributed by atoms with Gasteiger partial charge in [-0.15, -0.1) is 0 Å². The Kier molecular flexibility index (Phi) is 3.31. The molecule has 2 aromatic rings. The lowest BCUT2D eigenvalue weighted by atomic mass is 10.2. The van der Waals surface area contributed by atoms with Gasteiger partial charge in [0.15, 0.2) is 0 Å². The van der Waals surface area contributed by atoms with Gasteiger partial charge in [0.1, 0.15) is 17.6 Å². The molecule has 2 rings (SSSR count). The Morgan fingerprint density at radius 2 is 1.76 bits per heavy atom. The fraction of sp³-hybridized carbons (Fsp3) is 0. The molecule has 2 N–H and O–H groups in total. The summed E-state index contributed by atoms with van der Waals surface area (Å²) in [6.45, 7) is 0. The largest absolute Gasteiger partial charge is 0.455 e. The molecular formula is C13H9BrN2O. The average molecular weight is 289 g/mol. The first kappa shape index (κ1) is 11.5. The third-order valence-electron chi connectivity index (χ3n) is 2.22. The van der Waals surface area contributed by atoms with Crippen LogP contribution in [0.4, 0.5) is 5.69 Å². The van der Waals surface area contributed by atoms with E-state index >= 15 is 0 Å². The van der Waals surface area contributed by atoms with Gasteiger partial charge in [-0.2, -0.15) is 5.26 Å². The van der Waals surface area contributed by atoms with Crippen molar-refractivity contribution in [1.29, 1.82) is 5.26 Å². The van der Waals surface area contributed by atoms with Crippen molar-refractivity contribution in [3.8, 4) is 17.6 Å². The number of ether oxygens (including phenoxy) is 1. The third kappa shape index (κ3) is 2.40. The predicted molar refractivity (Wildman–Crippen MR) is 69.8 cm³/mol. The maximum atomic E-state index is 8.95. The van der Waals surface area contributed by atoms with Gasteiger partial charge in [-0.1, -0.05) is 18.2 Å². The van der Waals surface area contributed by atoms with Crippen molar-refractivity contribution >= 4 is 21.6 Å². The smallest absolute Gasteiger partial charge is 0.145 e. The molecule has 0 atom stereocenters. The van der Waals surface area contributed by atoms with Gasteiger partial charge < -0.3 is 10.5 Å². The number of nitriles is 1. The summed E-state index contributed by atoms with van der Waals surface area (Å²) in [4.78, 5) is 0. The lowest BCUT2D eigenvalue weighted by molar-refractivity contribution is 0.478. The molecule has 0 saturated carbocycles. The van der Waals surface area contributed by atoms with Crippen molar-refractivity contribution in [2.45, 2.75) is 0 Å². The maximum absolute atomic E-state index is 8.95. The van der Waals surface area contributed by atoms with Gasteiger partial charge in [-0.25, -0.2) is 0 Å². The molecule has 0 aliphatic carbocycles. The Balaban J connectivity index is 2.39. The van der Waals surface area contributed by atoms with Crippen molar-refractivity contribution in [3.05, 3.63) is 52.5 Å². The fourth-order valence-corrected chi connectivity index (χ4v) is 1.72. The molecule has 0 heterocycles. The molecule has 0 aromatic heterocycles. The zero-order valence-corrected chi connectivity index (χ0v) is 10.4. The number of nitrogens with zero attached hydrogens (tertiary/aromatic N) is 1. The van der Waals surface area contributed by atoms with Crippen LogP contribution in [0.15, 0.2) is 46.9 Å². The van der Waals surface area contributed by atoms with Crippen LogP contribution in [-0.4, -0.2) is 0 Å². The maximum Gasteiger partial charge on any atom is 0.145 e. The summed E-state index contributed by atoms with van der Waals surface area (Å²) >= 11 is 3.35. The molecule has 0 fully saturated rings. The van der Waals surface area contributed by atoms with Crippen molar-refractivity contribution in [1.82, 2.24) is 0 Å². The fourth-order valence-electron chi connectivity index (χ4n) is 1.37. The second-order valence-electron chi connectivity index (χ2n) is 3.37. The van der Waals surface area contributed by atoms with Crippen molar-refractivity contribution < 1.29 is 4.74 Å². The SMILES string of the molecule is N#Cc1ccccc1Oc1cccc(N)c1Br. The van der Waals surface area contributed by atoms with E-state index in [9.17, 15) is 0 Å². The standard InChI is InChI=1S/C13H9BrN2O/c14-13-10(16)5-3-7-12(13)17-11-6-2-1-4-9(11)8-15/h1-7H,16H2. The minimum Gasteiger partial charge on any atom is -0.455 e. The Labute approximate surface area is 108 Å². The number of rotatable bonds is 2. The van der Waals surface area contributed by atoms with Crippen molar-refractivity contribution in [3.63, 3.8) is 0 Å². The summed E-state index contributed by atoms with van der Waals surface area (Å²) in [5.41, 5.74) is 6.84. The summed E-state index contributed by atoms with van der Waals surface area (Å²) in [6.07, 6.45) is 0. The Morgan fingerprint density at radius 3 is 2.53 bits per heavy atom. The van der Waals surface area contributed by atoms with Crippen molar-refractivity contribution in [2.24, 2.45) is 0 Å². The first-order chi connectivity index (χ1) is 8.22. The number of hydrogen-bond donors (Lipinski definition) is 1. The molecule has 0 radical (unpaired) electrons. The van der Waals surface area contributed by atoms with E-state index in [1.807, 2.05) is 6.07 Å². The highest BCUT2D eigenvalue weighted by molar-refractivity contribution is 9.10. The monoisotopic (exact) mass is 288 g/mol. The van der Waals surface area contributed by atoms with Crippen LogP contribution in [0.5, 0.6) is 11.5 Å². The molecule has 3 nitrogen and oxygen atoms in total. The second-order valence-corrected chi connectivity index (χ2v) is 4.16. The minimum atomic E-state index is 0.488. The molecular weight excluding hydrogens is 280 g/mol. The summed E-state index contributed by atoms with van der Waals surface area (Å²) in [5, 5.41) is 8.95. The molecule has 0 saturated heterocycles. The van der Waals surface area contributed by atoms with E-state index in [1.165, 1.54) is 0 Å². The van der Waals surface area contributed by atoms with Crippen LogP contribution >= 0.6 is 15.9 Å². The van der Waals surface area contributed by atoms with Crippen molar-refractivity contribution in [2.75, 3.05) is 5.73 Å². The molecule has 0 bridgehead atoms. The molecule has 2 aromatic carbocycles. The quantitative estimate of drug-likeness (QED) is 0.858. The highest BCUT2D eigenvalue weighted by Gasteiger charge is 2.08. The number of nitrogens with two attached hydrogens (primary N) is 1. The van der Waals surface area contributed by atoms with E-state index < -0.39 is 0 Å². The molecule has 0 amide bonds. The molecule has 84 valence electrons. The van der Waals surface area contributed by atoms with E-state index in [0.29, 0.717) is 27.2 Å². The highest BCUT2D eigenvalue weighted by Crippen LogP contribution is 2.34. The number of para-hydroxylation sites is 1. The Morgan fingerprint density at radius 1 is 1.06 bits per heavy atom. The van der Waals surface area contributed by atoms with Crippen LogP contribution < -0.4 is 10.5 Å². The minimum absolute atomic E-state index is 0.488. The summed E-state index contributed by atoms with van der Waals surface area (Å²) in [5.74, 6) is 1.11. The average Bonchev–Trinajstić information content (AvgIpc) is 2.35. The van der Waals surface area contributed by atoms with Crippen LogP contribution in [0.25, 0.3) is 0 Å². The van der Waals surface area contributed by atoms with Crippen LogP contribution in [-0.2, 0) is 0 Å². The van der Waals surface area contributed by atoms with Gasteiger partial charge in [-0.05, 0) is 40.2 Å². The van der Waals surface area contributed by atoms with Gasteiger partial charge in [0.2, 0.25) is 0 Å². The predicted octanol–water partition coefficient (Wildman–Crippen LogP) is 3.70. The Bertz CT molecular complexity index is 590. The van der Waals surface area contributed by atoms with Crippen LogP contribution in [0.3, 0.4) is 0 Å². The van der Waals surface area contributed by atoms with Gasteiger partial charge in [-0.3, -0.25) is 0 Å². The molecule has 4 heteroatoms. The second kappa shape index (κ2) is 4.89. The zero-order chi connectivity index (χ0) is 12.3. The third-order valence-corrected chi connectivity index (χ3v) is 3.07. The lowest BCUT2D eigenvalue weighted by Gasteiger charge is -2.09. The summed E-state index contributed by atoms with van der Waals surface area (Å²) in [7, 11) is 0. The summed E-state index contributed by atoms with van der Waals surface area (Å²) < 4.78 is 6.35. The van der Waals surface area contributed by atoms with Gasteiger partial charge in [0, 0.05) is 5.69 Å². The van der Waals surface area contributed by atoms with E-state index in [2.05, 4.69) is 22.0 Å². The number of anilines is 1. The number of nitrogen functional groups attached to an aromatic ring is 1. The normalized spacial score (nSPS) is 9.65.